The van der Waals surface area contributed by atoms with Crippen molar-refractivity contribution in [2.45, 2.75) is 10.8 Å². The van der Waals surface area contributed by atoms with Crippen LogP contribution in [0.15, 0.2) is 59.1 Å². The first-order chi connectivity index (χ1) is 15.2. The molecule has 2 aromatic heterocycles. The molecule has 1 N–H and O–H groups in total. The number of fused-ring (bicyclic) bond motifs is 2. The van der Waals surface area contributed by atoms with E-state index in [1.165, 1.54) is 11.8 Å². The lowest BCUT2D eigenvalue weighted by Crippen LogP contribution is -2.51. The second-order valence-electron chi connectivity index (χ2n) is 7.53. The number of nitrogens with zero attached hydrogens (tertiary/aromatic N) is 3. The van der Waals surface area contributed by atoms with Crippen LogP contribution in [0.5, 0.6) is 0 Å². The minimum atomic E-state index is 0.105. The summed E-state index contributed by atoms with van der Waals surface area (Å²) in [7, 11) is 0. The third-order valence-corrected chi connectivity index (χ3v) is 7.76. The molecule has 1 aliphatic heterocycles. The number of carbonyl (C=O) groups excluding carboxylic acids is 2. The summed E-state index contributed by atoms with van der Waals surface area (Å²) in [6.07, 6.45) is 2.30. The Hall–Kier alpha value is -2.84. The lowest BCUT2D eigenvalue weighted by molar-refractivity contribution is -0.137. The fraction of sp³-hybridized carbons (Fsp3) is 0.261. The zero-order valence-electron chi connectivity index (χ0n) is 16.9. The molecule has 2 amide bonds. The van der Waals surface area contributed by atoms with Crippen LogP contribution >= 0.6 is 23.1 Å². The number of carbonyl (C=O) groups is 2. The number of nitrogens with one attached hydrogen (secondary N) is 1. The average molecular weight is 451 g/mol. The lowest BCUT2D eigenvalue weighted by Gasteiger charge is -2.34. The Morgan fingerprint density at radius 3 is 2.48 bits per heavy atom. The van der Waals surface area contributed by atoms with Crippen molar-refractivity contribution in [3.05, 3.63) is 60.3 Å². The number of aromatic nitrogens is 2. The van der Waals surface area contributed by atoms with Crippen LogP contribution in [0.1, 0.15) is 5.56 Å². The summed E-state index contributed by atoms with van der Waals surface area (Å²) in [5, 5.41) is 1.09. The number of thiazole rings is 1. The standard InChI is InChI=1S/C23H22N4O2S2/c28-21(13-16-14-24-18-6-2-1-5-17(16)18)26-9-11-27(12-10-26)22(29)15-30-23-25-19-7-3-4-8-20(19)31-23/h1-8,14,24H,9-13,15H2. The summed E-state index contributed by atoms with van der Waals surface area (Å²) < 4.78 is 2.06. The monoisotopic (exact) mass is 450 g/mol. The van der Waals surface area contributed by atoms with E-state index < -0.39 is 0 Å². The number of rotatable bonds is 5. The minimum absolute atomic E-state index is 0.105. The number of amides is 2. The molecule has 31 heavy (non-hydrogen) atoms. The van der Waals surface area contributed by atoms with E-state index in [9.17, 15) is 9.59 Å². The lowest BCUT2D eigenvalue weighted by atomic mass is 10.1. The molecule has 2 aromatic carbocycles. The van der Waals surface area contributed by atoms with Crippen LogP contribution < -0.4 is 0 Å². The molecule has 1 aliphatic rings. The first kappa shape index (κ1) is 20.1. The highest BCUT2D eigenvalue weighted by Gasteiger charge is 2.25. The molecule has 1 saturated heterocycles. The molecule has 5 rings (SSSR count). The molecule has 0 unspecified atom stereocenters. The number of hydrogen-bond acceptors (Lipinski definition) is 5. The van der Waals surface area contributed by atoms with E-state index >= 15 is 0 Å². The quantitative estimate of drug-likeness (QED) is 0.470. The SMILES string of the molecule is O=C(CSc1nc2ccccc2s1)N1CCN(C(=O)Cc2c[nH]c3ccccc23)CC1. The highest BCUT2D eigenvalue weighted by Crippen LogP contribution is 2.29. The van der Waals surface area contributed by atoms with Crippen LogP contribution in [0.3, 0.4) is 0 Å². The summed E-state index contributed by atoms with van der Waals surface area (Å²) in [4.78, 5) is 36.9. The molecular weight excluding hydrogens is 428 g/mol. The van der Waals surface area contributed by atoms with Gasteiger partial charge in [-0.2, -0.15) is 0 Å². The maximum Gasteiger partial charge on any atom is 0.233 e. The summed E-state index contributed by atoms with van der Waals surface area (Å²) in [5.41, 5.74) is 3.04. The fourth-order valence-electron chi connectivity index (χ4n) is 3.89. The van der Waals surface area contributed by atoms with Gasteiger partial charge < -0.3 is 14.8 Å². The second kappa shape index (κ2) is 8.72. The Morgan fingerprint density at radius 1 is 0.968 bits per heavy atom. The maximum atomic E-state index is 12.8. The smallest absolute Gasteiger partial charge is 0.233 e. The van der Waals surface area contributed by atoms with E-state index in [4.69, 9.17) is 0 Å². The van der Waals surface area contributed by atoms with Gasteiger partial charge in [-0.3, -0.25) is 9.59 Å². The van der Waals surface area contributed by atoms with E-state index in [2.05, 4.69) is 9.97 Å². The van der Waals surface area contributed by atoms with Gasteiger partial charge in [0.05, 0.1) is 22.4 Å². The van der Waals surface area contributed by atoms with Gasteiger partial charge in [-0.1, -0.05) is 42.1 Å². The zero-order valence-corrected chi connectivity index (χ0v) is 18.5. The van der Waals surface area contributed by atoms with Gasteiger partial charge in [0.15, 0.2) is 4.34 Å². The molecule has 6 nitrogen and oxygen atoms in total. The van der Waals surface area contributed by atoms with Gasteiger partial charge in [0.25, 0.3) is 0 Å². The summed E-state index contributed by atoms with van der Waals surface area (Å²) >= 11 is 3.11. The molecule has 0 aliphatic carbocycles. The third-order valence-electron chi connectivity index (χ3n) is 5.60. The van der Waals surface area contributed by atoms with Crippen LogP contribution in [0.25, 0.3) is 21.1 Å². The van der Waals surface area contributed by atoms with Crippen LogP contribution in [-0.2, 0) is 16.0 Å². The molecule has 0 bridgehead atoms. The van der Waals surface area contributed by atoms with Gasteiger partial charge >= 0.3 is 0 Å². The second-order valence-corrected chi connectivity index (χ2v) is 9.79. The molecule has 158 valence electrons. The van der Waals surface area contributed by atoms with E-state index in [0.717, 1.165) is 31.0 Å². The Labute approximate surface area is 188 Å². The zero-order chi connectivity index (χ0) is 21.2. The number of hydrogen-bond donors (Lipinski definition) is 1. The normalized spacial score (nSPS) is 14.5. The summed E-state index contributed by atoms with van der Waals surface area (Å²) in [6.45, 7) is 2.33. The number of para-hydroxylation sites is 2. The summed E-state index contributed by atoms with van der Waals surface area (Å²) in [5.74, 6) is 0.594. The number of piperazine rings is 1. The maximum absolute atomic E-state index is 12.8. The molecule has 8 heteroatoms. The molecule has 0 radical (unpaired) electrons. The van der Waals surface area contributed by atoms with Gasteiger partial charge in [-0.25, -0.2) is 4.98 Å². The number of thioether (sulfide) groups is 1. The number of H-pyrrole nitrogens is 1. The Kier molecular flexibility index (Phi) is 5.65. The topological polar surface area (TPSA) is 69.3 Å². The number of benzene rings is 2. The molecule has 0 saturated carbocycles. The van der Waals surface area contributed by atoms with Crippen LogP contribution in [0.2, 0.25) is 0 Å². The largest absolute Gasteiger partial charge is 0.361 e. The fourth-order valence-corrected chi connectivity index (χ4v) is 5.86. The molecule has 1 fully saturated rings. The van der Waals surface area contributed by atoms with Crippen LogP contribution in [-0.4, -0.2) is 63.5 Å². The van der Waals surface area contributed by atoms with Crippen LogP contribution in [0.4, 0.5) is 0 Å². The van der Waals surface area contributed by atoms with E-state index in [0.29, 0.717) is 38.4 Å². The van der Waals surface area contributed by atoms with Crippen molar-refractivity contribution < 1.29 is 9.59 Å². The predicted molar refractivity (Wildman–Crippen MR) is 126 cm³/mol. The van der Waals surface area contributed by atoms with Crippen molar-refractivity contribution in [1.29, 1.82) is 0 Å². The van der Waals surface area contributed by atoms with Gasteiger partial charge in [0, 0.05) is 43.3 Å². The molecule has 0 spiro atoms. The van der Waals surface area contributed by atoms with Gasteiger partial charge in [0.2, 0.25) is 11.8 Å². The van der Waals surface area contributed by atoms with E-state index in [1.807, 2.05) is 64.5 Å². The highest BCUT2D eigenvalue weighted by atomic mass is 32.2. The van der Waals surface area contributed by atoms with Gasteiger partial charge in [-0.15, -0.1) is 11.3 Å². The Bertz CT molecular complexity index is 1210. The van der Waals surface area contributed by atoms with Gasteiger partial charge in [0.1, 0.15) is 0 Å². The molecule has 0 atom stereocenters. The first-order valence-corrected chi connectivity index (χ1v) is 12.1. The Balaban J connectivity index is 1.12. The minimum Gasteiger partial charge on any atom is -0.361 e. The van der Waals surface area contributed by atoms with Crippen molar-refractivity contribution >= 4 is 56.0 Å². The van der Waals surface area contributed by atoms with Crippen LogP contribution in [0, 0.1) is 0 Å². The van der Waals surface area contributed by atoms with Crippen molar-refractivity contribution in [2.75, 3.05) is 31.9 Å². The van der Waals surface area contributed by atoms with Crippen molar-refractivity contribution in [1.82, 2.24) is 19.8 Å². The van der Waals surface area contributed by atoms with E-state index in [1.54, 1.807) is 11.3 Å². The number of aromatic amines is 1. The molecule has 3 heterocycles. The van der Waals surface area contributed by atoms with Crippen molar-refractivity contribution in [2.24, 2.45) is 0 Å². The Morgan fingerprint density at radius 2 is 1.68 bits per heavy atom. The van der Waals surface area contributed by atoms with Gasteiger partial charge in [-0.05, 0) is 23.8 Å². The highest BCUT2D eigenvalue weighted by molar-refractivity contribution is 8.01. The molecular formula is C23H22N4O2S2. The summed E-state index contributed by atoms with van der Waals surface area (Å²) in [6, 6.07) is 16.0. The predicted octanol–water partition coefficient (Wildman–Crippen LogP) is 3.78. The van der Waals surface area contributed by atoms with E-state index in [-0.39, 0.29) is 11.8 Å². The first-order valence-electron chi connectivity index (χ1n) is 10.3. The van der Waals surface area contributed by atoms with Crippen molar-refractivity contribution in [3.8, 4) is 0 Å². The van der Waals surface area contributed by atoms with Crippen molar-refractivity contribution in [3.63, 3.8) is 0 Å². The third kappa shape index (κ3) is 4.31. The molecule has 4 aromatic rings. The average Bonchev–Trinajstić information content (AvgIpc) is 3.41.